The summed E-state index contributed by atoms with van der Waals surface area (Å²) < 4.78 is 10.2. The van der Waals surface area contributed by atoms with Crippen LogP contribution in [-0.2, 0) is 0 Å². The van der Waals surface area contributed by atoms with Crippen molar-refractivity contribution in [1.29, 1.82) is 0 Å². The molecule has 1 aromatic heterocycles. The molecule has 3 nitrogen and oxygen atoms in total. The minimum atomic E-state index is 0.729. The number of furan rings is 1. The van der Waals surface area contributed by atoms with E-state index in [0.717, 1.165) is 24.8 Å². The molecule has 0 aromatic carbocycles. The van der Waals surface area contributed by atoms with Crippen LogP contribution in [0.4, 0.5) is 5.88 Å². The number of hydrogen-bond acceptors (Lipinski definition) is 3. The van der Waals surface area contributed by atoms with Crippen molar-refractivity contribution in [2.45, 2.75) is 0 Å². The van der Waals surface area contributed by atoms with Crippen LogP contribution in [0.25, 0.3) is 0 Å². The minimum absolute atomic E-state index is 0.729. The lowest BCUT2D eigenvalue weighted by atomic mass is 10.5. The highest BCUT2D eigenvalue weighted by Crippen LogP contribution is 2.27. The fourth-order valence-electron chi connectivity index (χ4n) is 0.866. The molecular weight excluding hydrogens is 118 g/mol. The van der Waals surface area contributed by atoms with Crippen LogP contribution in [0, 0.1) is 0 Å². The standard InChI is InChI=1S/C6H7NO2/c1-3-9-6-5(1)8-4-2-7-6/h1,3,7H,2,4H2. The topological polar surface area (TPSA) is 34.4 Å². The van der Waals surface area contributed by atoms with E-state index in [0.29, 0.717) is 0 Å². The molecule has 1 aromatic rings. The van der Waals surface area contributed by atoms with E-state index < -0.39 is 0 Å². The van der Waals surface area contributed by atoms with Gasteiger partial charge in [0, 0.05) is 6.07 Å². The molecule has 0 fully saturated rings. The van der Waals surface area contributed by atoms with Gasteiger partial charge in [-0.05, 0) is 0 Å². The summed E-state index contributed by atoms with van der Waals surface area (Å²) in [5.74, 6) is 1.57. The Bertz CT molecular complexity index is 186. The second-order valence-electron chi connectivity index (χ2n) is 1.89. The van der Waals surface area contributed by atoms with Crippen LogP contribution >= 0.6 is 0 Å². The quantitative estimate of drug-likeness (QED) is 0.563. The molecule has 48 valence electrons. The van der Waals surface area contributed by atoms with Crippen molar-refractivity contribution in [3.05, 3.63) is 12.3 Å². The van der Waals surface area contributed by atoms with Crippen molar-refractivity contribution >= 4 is 5.88 Å². The fourth-order valence-corrected chi connectivity index (χ4v) is 0.866. The molecule has 2 heterocycles. The maximum atomic E-state index is 5.21. The van der Waals surface area contributed by atoms with Gasteiger partial charge in [0.15, 0.2) is 5.75 Å². The second kappa shape index (κ2) is 1.69. The number of hydrogen-bond donors (Lipinski definition) is 1. The van der Waals surface area contributed by atoms with Crippen molar-refractivity contribution in [3.8, 4) is 5.75 Å². The van der Waals surface area contributed by atoms with Crippen LogP contribution in [0.1, 0.15) is 0 Å². The lowest BCUT2D eigenvalue weighted by Gasteiger charge is -2.12. The minimum Gasteiger partial charge on any atom is -0.486 e. The van der Waals surface area contributed by atoms with Gasteiger partial charge in [0.1, 0.15) is 6.61 Å². The van der Waals surface area contributed by atoms with E-state index in [4.69, 9.17) is 9.15 Å². The van der Waals surface area contributed by atoms with Gasteiger partial charge < -0.3 is 14.5 Å². The normalized spacial score (nSPS) is 15.6. The molecule has 0 spiro atoms. The molecule has 0 unspecified atom stereocenters. The Balaban J connectivity index is 2.39. The van der Waals surface area contributed by atoms with Crippen LogP contribution in [0.3, 0.4) is 0 Å². The van der Waals surface area contributed by atoms with Crippen molar-refractivity contribution in [1.82, 2.24) is 0 Å². The highest BCUT2D eigenvalue weighted by Gasteiger charge is 2.10. The van der Waals surface area contributed by atoms with Gasteiger partial charge in [-0.15, -0.1) is 0 Å². The third kappa shape index (κ3) is 0.650. The van der Waals surface area contributed by atoms with E-state index in [1.54, 1.807) is 6.26 Å². The molecule has 1 aliphatic rings. The van der Waals surface area contributed by atoms with Gasteiger partial charge in [-0.2, -0.15) is 0 Å². The van der Waals surface area contributed by atoms with Crippen molar-refractivity contribution in [3.63, 3.8) is 0 Å². The number of nitrogens with one attached hydrogen (secondary N) is 1. The molecule has 0 amide bonds. The Morgan fingerprint density at radius 3 is 3.44 bits per heavy atom. The number of anilines is 1. The lowest BCUT2D eigenvalue weighted by Crippen LogP contribution is -2.16. The smallest absolute Gasteiger partial charge is 0.235 e. The third-order valence-corrected chi connectivity index (χ3v) is 1.27. The zero-order valence-electron chi connectivity index (χ0n) is 4.89. The zero-order valence-corrected chi connectivity index (χ0v) is 4.89. The summed E-state index contributed by atoms with van der Waals surface area (Å²) in [4.78, 5) is 0. The van der Waals surface area contributed by atoms with Gasteiger partial charge in [0.05, 0.1) is 12.8 Å². The Hall–Kier alpha value is -1.12. The van der Waals surface area contributed by atoms with Gasteiger partial charge >= 0.3 is 0 Å². The largest absolute Gasteiger partial charge is 0.486 e. The summed E-state index contributed by atoms with van der Waals surface area (Å²) in [6, 6.07) is 1.81. The summed E-state index contributed by atoms with van der Waals surface area (Å²) in [5.41, 5.74) is 0. The summed E-state index contributed by atoms with van der Waals surface area (Å²) in [6.45, 7) is 1.56. The predicted molar refractivity (Wildman–Crippen MR) is 32.7 cm³/mol. The summed E-state index contributed by atoms with van der Waals surface area (Å²) in [5, 5.41) is 3.05. The molecule has 2 rings (SSSR count). The molecule has 0 saturated heterocycles. The summed E-state index contributed by atoms with van der Waals surface area (Å²) in [6.07, 6.45) is 1.61. The molecule has 0 radical (unpaired) electrons. The van der Waals surface area contributed by atoms with Gasteiger partial charge in [-0.25, -0.2) is 0 Å². The average Bonchev–Trinajstić information content (AvgIpc) is 2.33. The first-order valence-corrected chi connectivity index (χ1v) is 2.91. The number of ether oxygens (including phenoxy) is 1. The molecular formula is C6H7NO2. The van der Waals surface area contributed by atoms with Crippen LogP contribution in [0.15, 0.2) is 16.7 Å². The van der Waals surface area contributed by atoms with Crippen LogP contribution in [-0.4, -0.2) is 13.2 Å². The van der Waals surface area contributed by atoms with Crippen molar-refractivity contribution < 1.29 is 9.15 Å². The summed E-state index contributed by atoms with van der Waals surface area (Å²) >= 11 is 0. The van der Waals surface area contributed by atoms with E-state index in [9.17, 15) is 0 Å². The average molecular weight is 125 g/mol. The molecule has 9 heavy (non-hydrogen) atoms. The first-order valence-electron chi connectivity index (χ1n) is 2.91. The Kier molecular flexibility index (Phi) is 0.886. The Morgan fingerprint density at radius 2 is 2.56 bits per heavy atom. The van der Waals surface area contributed by atoms with Crippen LogP contribution in [0.2, 0.25) is 0 Å². The second-order valence-corrected chi connectivity index (χ2v) is 1.89. The molecule has 1 N–H and O–H groups in total. The molecule has 0 bridgehead atoms. The van der Waals surface area contributed by atoms with Gasteiger partial charge in [-0.1, -0.05) is 0 Å². The van der Waals surface area contributed by atoms with Crippen molar-refractivity contribution in [2.24, 2.45) is 0 Å². The van der Waals surface area contributed by atoms with E-state index >= 15 is 0 Å². The molecule has 0 aliphatic carbocycles. The highest BCUT2D eigenvalue weighted by atomic mass is 16.5. The van der Waals surface area contributed by atoms with Crippen molar-refractivity contribution in [2.75, 3.05) is 18.5 Å². The van der Waals surface area contributed by atoms with Crippen LogP contribution < -0.4 is 10.1 Å². The molecule has 1 aliphatic heterocycles. The predicted octanol–water partition coefficient (Wildman–Crippen LogP) is 1.08. The maximum absolute atomic E-state index is 5.21. The van der Waals surface area contributed by atoms with Gasteiger partial charge in [-0.3, -0.25) is 0 Å². The van der Waals surface area contributed by atoms with E-state index in [2.05, 4.69) is 5.32 Å². The SMILES string of the molecule is c1cc2c(o1)NCCO2. The monoisotopic (exact) mass is 125 g/mol. The lowest BCUT2D eigenvalue weighted by molar-refractivity contribution is 0.316. The first-order chi connectivity index (χ1) is 4.47. The Morgan fingerprint density at radius 1 is 1.56 bits per heavy atom. The molecule has 0 saturated carbocycles. The van der Waals surface area contributed by atoms with E-state index in [1.807, 2.05) is 6.07 Å². The molecule has 3 heteroatoms. The number of rotatable bonds is 0. The van der Waals surface area contributed by atoms with Gasteiger partial charge in [0.2, 0.25) is 5.88 Å². The summed E-state index contributed by atoms with van der Waals surface area (Å²) in [7, 11) is 0. The fraction of sp³-hybridized carbons (Fsp3) is 0.333. The first kappa shape index (κ1) is 4.73. The number of fused-ring (bicyclic) bond motifs is 1. The van der Waals surface area contributed by atoms with E-state index in [-0.39, 0.29) is 0 Å². The maximum Gasteiger partial charge on any atom is 0.235 e. The van der Waals surface area contributed by atoms with Gasteiger partial charge in [0.25, 0.3) is 0 Å². The highest BCUT2D eigenvalue weighted by molar-refractivity contribution is 5.48. The zero-order chi connectivity index (χ0) is 6.10. The van der Waals surface area contributed by atoms with E-state index in [1.165, 1.54) is 0 Å². The van der Waals surface area contributed by atoms with Crippen LogP contribution in [0.5, 0.6) is 5.75 Å². The molecule has 0 atom stereocenters. The Labute approximate surface area is 52.6 Å². The third-order valence-electron chi connectivity index (χ3n) is 1.27.